The van der Waals surface area contributed by atoms with Gasteiger partial charge >= 0.3 is 0 Å². The summed E-state index contributed by atoms with van der Waals surface area (Å²) in [6.45, 7) is 1.03. The molecule has 0 fully saturated rings. The first-order chi connectivity index (χ1) is 14.3. The molecule has 1 aliphatic rings. The molecule has 4 aromatic rings. The van der Waals surface area contributed by atoms with E-state index in [1.165, 1.54) is 11.3 Å². The zero-order chi connectivity index (χ0) is 19.6. The van der Waals surface area contributed by atoms with Crippen molar-refractivity contribution in [2.75, 3.05) is 6.79 Å². The number of ether oxygens (including phenoxy) is 2. The SMILES string of the molecule is O=C(c1cc2ccccc2s1)N(Cc1ccccn1)Cc1cccc2c1OCO2. The van der Waals surface area contributed by atoms with Crippen LogP contribution in [0.4, 0.5) is 0 Å². The monoisotopic (exact) mass is 402 g/mol. The van der Waals surface area contributed by atoms with Gasteiger partial charge in [0.2, 0.25) is 6.79 Å². The number of rotatable bonds is 5. The Morgan fingerprint density at radius 3 is 2.76 bits per heavy atom. The minimum absolute atomic E-state index is 0.0200. The number of hydrogen-bond acceptors (Lipinski definition) is 5. The molecule has 0 bridgehead atoms. The Labute approximate surface area is 172 Å². The van der Waals surface area contributed by atoms with E-state index in [0.29, 0.717) is 23.7 Å². The van der Waals surface area contributed by atoms with Gasteiger partial charge in [0.25, 0.3) is 5.91 Å². The third-order valence-corrected chi connectivity index (χ3v) is 5.95. The van der Waals surface area contributed by atoms with Crippen molar-refractivity contribution in [1.29, 1.82) is 0 Å². The average molecular weight is 402 g/mol. The van der Waals surface area contributed by atoms with Gasteiger partial charge in [-0.1, -0.05) is 36.4 Å². The first-order valence-electron chi connectivity index (χ1n) is 9.33. The molecule has 2 aromatic carbocycles. The van der Waals surface area contributed by atoms with Crippen molar-refractivity contribution in [1.82, 2.24) is 9.88 Å². The number of aromatic nitrogens is 1. The van der Waals surface area contributed by atoms with Crippen LogP contribution in [0.1, 0.15) is 20.9 Å². The van der Waals surface area contributed by atoms with E-state index in [1.54, 1.807) is 6.20 Å². The Morgan fingerprint density at radius 1 is 1.00 bits per heavy atom. The maximum atomic E-state index is 13.5. The van der Waals surface area contributed by atoms with Crippen LogP contribution in [-0.2, 0) is 13.1 Å². The minimum atomic E-state index is -0.0200. The fourth-order valence-corrected chi connectivity index (χ4v) is 4.48. The molecule has 0 unspecified atom stereocenters. The molecule has 5 nitrogen and oxygen atoms in total. The summed E-state index contributed by atoms with van der Waals surface area (Å²) < 4.78 is 12.2. The molecule has 29 heavy (non-hydrogen) atoms. The minimum Gasteiger partial charge on any atom is -0.454 e. The van der Waals surface area contributed by atoms with E-state index in [-0.39, 0.29) is 12.7 Å². The van der Waals surface area contributed by atoms with Gasteiger partial charge in [-0.15, -0.1) is 11.3 Å². The summed E-state index contributed by atoms with van der Waals surface area (Å²) in [5.41, 5.74) is 1.76. The van der Waals surface area contributed by atoms with E-state index in [9.17, 15) is 4.79 Å². The second-order valence-electron chi connectivity index (χ2n) is 6.78. The molecular weight excluding hydrogens is 384 g/mol. The van der Waals surface area contributed by atoms with Crippen LogP contribution < -0.4 is 9.47 Å². The molecule has 1 amide bonds. The van der Waals surface area contributed by atoms with E-state index in [4.69, 9.17) is 9.47 Å². The van der Waals surface area contributed by atoms with Crippen molar-refractivity contribution >= 4 is 27.3 Å². The number of pyridine rings is 1. The van der Waals surface area contributed by atoms with Gasteiger partial charge in [-0.2, -0.15) is 0 Å². The lowest BCUT2D eigenvalue weighted by molar-refractivity contribution is 0.0731. The Balaban J connectivity index is 1.49. The number of carbonyl (C=O) groups excluding carboxylic acids is 1. The lowest BCUT2D eigenvalue weighted by atomic mass is 10.1. The standard InChI is InChI=1S/C23H18N2O3S/c26-23(21-12-16-6-1-2-10-20(16)29-21)25(14-18-8-3-4-11-24-18)13-17-7-5-9-19-22(17)28-15-27-19/h1-12H,13-15H2. The van der Waals surface area contributed by atoms with Gasteiger partial charge in [0.1, 0.15) is 0 Å². The van der Waals surface area contributed by atoms with Crippen LogP contribution in [0.2, 0.25) is 0 Å². The quantitative estimate of drug-likeness (QED) is 0.478. The summed E-state index contributed by atoms with van der Waals surface area (Å²) in [5, 5.41) is 1.08. The van der Waals surface area contributed by atoms with Gasteiger partial charge in [-0.05, 0) is 35.7 Å². The summed E-state index contributed by atoms with van der Waals surface area (Å²) in [6.07, 6.45) is 1.74. The van der Waals surface area contributed by atoms with Crippen molar-refractivity contribution in [3.05, 3.63) is 89.1 Å². The molecule has 6 heteroatoms. The molecule has 5 rings (SSSR count). The number of fused-ring (bicyclic) bond motifs is 2. The Bertz CT molecular complexity index is 1140. The Kier molecular flexibility index (Phi) is 4.62. The number of benzene rings is 2. The van der Waals surface area contributed by atoms with E-state index in [1.807, 2.05) is 71.6 Å². The molecule has 0 radical (unpaired) electrons. The molecule has 0 N–H and O–H groups in total. The van der Waals surface area contributed by atoms with Gasteiger partial charge in [-0.3, -0.25) is 9.78 Å². The zero-order valence-corrected chi connectivity index (χ0v) is 16.4. The van der Waals surface area contributed by atoms with E-state index < -0.39 is 0 Å². The molecule has 0 spiro atoms. The molecule has 2 aromatic heterocycles. The van der Waals surface area contributed by atoms with Crippen LogP contribution in [0.3, 0.4) is 0 Å². The molecule has 1 aliphatic heterocycles. The summed E-state index contributed by atoms with van der Waals surface area (Å²) in [5.74, 6) is 1.41. The average Bonchev–Trinajstić information content (AvgIpc) is 3.41. The van der Waals surface area contributed by atoms with Crippen molar-refractivity contribution in [3.8, 4) is 11.5 Å². The molecule has 0 atom stereocenters. The highest BCUT2D eigenvalue weighted by Gasteiger charge is 2.24. The van der Waals surface area contributed by atoms with Crippen molar-refractivity contribution in [3.63, 3.8) is 0 Å². The second kappa shape index (κ2) is 7.56. The summed E-state index contributed by atoms with van der Waals surface area (Å²) >= 11 is 1.51. The fourth-order valence-electron chi connectivity index (χ4n) is 3.45. The molecule has 3 heterocycles. The van der Waals surface area contributed by atoms with Gasteiger partial charge < -0.3 is 14.4 Å². The number of nitrogens with zero attached hydrogens (tertiary/aromatic N) is 2. The van der Waals surface area contributed by atoms with Gasteiger partial charge in [0, 0.05) is 16.5 Å². The highest BCUT2D eigenvalue weighted by atomic mass is 32.1. The van der Waals surface area contributed by atoms with Crippen LogP contribution >= 0.6 is 11.3 Å². The third-order valence-electron chi connectivity index (χ3n) is 4.84. The van der Waals surface area contributed by atoms with Gasteiger partial charge in [0.05, 0.1) is 23.7 Å². The van der Waals surface area contributed by atoms with Gasteiger partial charge in [0.15, 0.2) is 11.5 Å². The fraction of sp³-hybridized carbons (Fsp3) is 0.130. The third kappa shape index (κ3) is 3.54. The van der Waals surface area contributed by atoms with Crippen LogP contribution in [-0.4, -0.2) is 22.6 Å². The maximum Gasteiger partial charge on any atom is 0.264 e. The van der Waals surface area contributed by atoms with Crippen molar-refractivity contribution < 1.29 is 14.3 Å². The summed E-state index contributed by atoms with van der Waals surface area (Å²) in [4.78, 5) is 20.4. The largest absolute Gasteiger partial charge is 0.454 e. The number of para-hydroxylation sites is 1. The molecule has 0 saturated carbocycles. The lowest BCUT2D eigenvalue weighted by Gasteiger charge is -2.22. The van der Waals surface area contributed by atoms with Crippen LogP contribution in [0.5, 0.6) is 11.5 Å². The first-order valence-corrected chi connectivity index (χ1v) is 10.1. The topological polar surface area (TPSA) is 51.7 Å². The Morgan fingerprint density at radius 2 is 1.90 bits per heavy atom. The van der Waals surface area contributed by atoms with Crippen molar-refractivity contribution in [2.24, 2.45) is 0 Å². The van der Waals surface area contributed by atoms with Crippen LogP contribution in [0.15, 0.2) is 72.9 Å². The number of thiophene rings is 1. The first kappa shape index (κ1) is 17.7. The molecule has 0 aliphatic carbocycles. The van der Waals surface area contributed by atoms with Gasteiger partial charge in [-0.25, -0.2) is 0 Å². The van der Waals surface area contributed by atoms with Crippen LogP contribution in [0, 0.1) is 0 Å². The highest BCUT2D eigenvalue weighted by Crippen LogP contribution is 2.36. The molecule has 0 saturated heterocycles. The number of hydrogen-bond donors (Lipinski definition) is 0. The zero-order valence-electron chi connectivity index (χ0n) is 15.6. The normalized spacial score (nSPS) is 12.3. The highest BCUT2D eigenvalue weighted by molar-refractivity contribution is 7.20. The van der Waals surface area contributed by atoms with Crippen LogP contribution in [0.25, 0.3) is 10.1 Å². The van der Waals surface area contributed by atoms with E-state index >= 15 is 0 Å². The predicted molar refractivity (Wildman–Crippen MR) is 112 cm³/mol. The maximum absolute atomic E-state index is 13.5. The van der Waals surface area contributed by atoms with E-state index in [2.05, 4.69) is 4.98 Å². The summed E-state index contributed by atoms with van der Waals surface area (Å²) in [6, 6.07) is 21.5. The van der Waals surface area contributed by atoms with Crippen molar-refractivity contribution in [2.45, 2.75) is 13.1 Å². The molecule has 144 valence electrons. The molecular formula is C23H18N2O3S. The lowest BCUT2D eigenvalue weighted by Crippen LogP contribution is -2.30. The smallest absolute Gasteiger partial charge is 0.264 e. The Hall–Kier alpha value is -3.38. The summed E-state index contributed by atoms with van der Waals surface area (Å²) in [7, 11) is 0. The number of carbonyl (C=O) groups is 1. The predicted octanol–water partition coefficient (Wildman–Crippen LogP) is 4.87. The number of amides is 1. The van der Waals surface area contributed by atoms with E-state index in [0.717, 1.165) is 27.1 Å². The second-order valence-corrected chi connectivity index (χ2v) is 7.87.